The predicted molar refractivity (Wildman–Crippen MR) is 152 cm³/mol. The van der Waals surface area contributed by atoms with E-state index in [1.54, 1.807) is 48.7 Å². The van der Waals surface area contributed by atoms with Crippen LogP contribution in [0.5, 0.6) is 11.6 Å². The molecule has 2 atom stereocenters. The molecular formula is C29H26Cl2N4O4. The topological polar surface area (TPSA) is 116 Å². The van der Waals surface area contributed by atoms with Gasteiger partial charge in [-0.2, -0.15) is 0 Å². The third-order valence-electron chi connectivity index (χ3n) is 6.58. The summed E-state index contributed by atoms with van der Waals surface area (Å²) in [6, 6.07) is 21.1. The summed E-state index contributed by atoms with van der Waals surface area (Å²) in [5, 5.41) is 21.3. The first-order chi connectivity index (χ1) is 18.9. The Labute approximate surface area is 234 Å². The first-order valence-electron chi connectivity index (χ1n) is 12.3. The Kier molecular flexibility index (Phi) is 7.79. The molecule has 0 spiro atoms. The predicted octanol–water partition coefficient (Wildman–Crippen LogP) is 6.01. The van der Waals surface area contributed by atoms with Gasteiger partial charge >= 0.3 is 5.69 Å². The molecule has 2 heterocycles. The Bertz CT molecular complexity index is 1630. The maximum Gasteiger partial charge on any atom is 0.329 e. The van der Waals surface area contributed by atoms with Crippen molar-refractivity contribution in [3.8, 4) is 34.1 Å². The lowest BCUT2D eigenvalue weighted by Gasteiger charge is -2.24. The van der Waals surface area contributed by atoms with Crippen LogP contribution in [-0.2, 0) is 0 Å². The zero-order valence-corrected chi connectivity index (χ0v) is 22.4. The molecule has 0 aliphatic rings. The number of aliphatic hydroxyl groups excluding tert-OH is 1. The Morgan fingerprint density at radius 3 is 2.46 bits per heavy atom. The van der Waals surface area contributed by atoms with Crippen molar-refractivity contribution in [1.29, 1.82) is 0 Å². The van der Waals surface area contributed by atoms with Crippen LogP contribution in [0.25, 0.3) is 22.5 Å². The van der Waals surface area contributed by atoms with Crippen LogP contribution in [0.4, 0.5) is 0 Å². The summed E-state index contributed by atoms with van der Waals surface area (Å²) < 4.78 is 6.73. The minimum atomic E-state index is -0.683. The molecule has 39 heavy (non-hydrogen) atoms. The fourth-order valence-electron chi connectivity index (χ4n) is 4.63. The monoisotopic (exact) mass is 564 g/mol. The van der Waals surface area contributed by atoms with Gasteiger partial charge in [-0.15, -0.1) is 0 Å². The molecule has 0 bridgehead atoms. The van der Waals surface area contributed by atoms with E-state index in [1.807, 2.05) is 37.3 Å². The summed E-state index contributed by atoms with van der Waals surface area (Å²) in [6.07, 6.45) is 1.65. The quantitative estimate of drug-likeness (QED) is 0.175. The molecule has 200 valence electrons. The largest absolute Gasteiger partial charge is 0.493 e. The van der Waals surface area contributed by atoms with Crippen molar-refractivity contribution in [1.82, 2.24) is 19.5 Å². The minimum absolute atomic E-state index is 0.0988. The van der Waals surface area contributed by atoms with Gasteiger partial charge in [0.2, 0.25) is 5.88 Å². The number of ether oxygens (including phenoxy) is 1. The number of benzene rings is 3. The second-order valence-corrected chi connectivity index (χ2v) is 9.89. The molecule has 0 unspecified atom stereocenters. The van der Waals surface area contributed by atoms with Crippen LogP contribution >= 0.6 is 23.2 Å². The molecular weight excluding hydrogens is 539 g/mol. The van der Waals surface area contributed by atoms with E-state index in [0.29, 0.717) is 38.4 Å². The van der Waals surface area contributed by atoms with E-state index in [-0.39, 0.29) is 30.7 Å². The van der Waals surface area contributed by atoms with Crippen LogP contribution in [0.15, 0.2) is 83.8 Å². The smallest absolute Gasteiger partial charge is 0.329 e. The average Bonchev–Trinajstić information content (AvgIpc) is 3.53. The Balaban J connectivity index is 1.59. The van der Waals surface area contributed by atoms with Gasteiger partial charge < -0.3 is 24.9 Å². The lowest BCUT2D eigenvalue weighted by Crippen LogP contribution is -2.27. The molecule has 3 aromatic carbocycles. The zero-order valence-electron chi connectivity index (χ0n) is 20.9. The maximum atomic E-state index is 13.4. The van der Waals surface area contributed by atoms with Crippen LogP contribution in [0, 0.1) is 0 Å². The van der Waals surface area contributed by atoms with E-state index in [1.165, 1.54) is 4.57 Å². The summed E-state index contributed by atoms with van der Waals surface area (Å²) >= 11 is 12.5. The van der Waals surface area contributed by atoms with Gasteiger partial charge in [-0.1, -0.05) is 60.5 Å². The second-order valence-electron chi connectivity index (χ2n) is 9.05. The van der Waals surface area contributed by atoms with E-state index in [0.717, 1.165) is 5.56 Å². The minimum Gasteiger partial charge on any atom is -0.493 e. The summed E-state index contributed by atoms with van der Waals surface area (Å²) in [7, 11) is 0. The first kappa shape index (κ1) is 26.6. The molecule has 0 saturated heterocycles. The van der Waals surface area contributed by atoms with Crippen molar-refractivity contribution in [2.24, 2.45) is 0 Å². The normalized spacial score (nSPS) is 12.8. The number of aliphatic hydroxyl groups is 1. The summed E-state index contributed by atoms with van der Waals surface area (Å²) in [6.45, 7) is 2.05. The van der Waals surface area contributed by atoms with Crippen LogP contribution in [0.2, 0.25) is 10.0 Å². The molecule has 2 aromatic heterocycles. The van der Waals surface area contributed by atoms with Gasteiger partial charge in [0, 0.05) is 22.1 Å². The fraction of sp³-hybridized carbons (Fsp3) is 0.172. The maximum absolute atomic E-state index is 13.4. The fourth-order valence-corrected chi connectivity index (χ4v) is 5.14. The Hall–Kier alpha value is -3.98. The molecule has 10 heteroatoms. The van der Waals surface area contributed by atoms with Crippen molar-refractivity contribution in [2.75, 3.05) is 13.2 Å². The van der Waals surface area contributed by atoms with Crippen LogP contribution in [-0.4, -0.2) is 42.9 Å². The van der Waals surface area contributed by atoms with Gasteiger partial charge in [0.25, 0.3) is 0 Å². The molecule has 8 nitrogen and oxygen atoms in total. The number of hydrogen-bond acceptors (Lipinski definition) is 5. The highest BCUT2D eigenvalue weighted by Crippen LogP contribution is 2.39. The van der Waals surface area contributed by atoms with Gasteiger partial charge in [-0.05, 0) is 48.0 Å². The standard InChI is InChI=1S/C29H26Cl2N4O4/c1-17(18-5-3-2-4-6-18)26(27-32-16-24(33-27)22-12-9-20(30)15-23(22)31)35-28(37)25(34-29(35)38)19-7-10-21(11-8-19)39-14-13-36/h2-12,15-17,26,36-37H,13-14H2,1H3,(H,32,33)(H,34,38)/t17-,26-/m0/s1. The number of nitrogens with one attached hydrogen (secondary N) is 2. The number of aromatic hydroxyl groups is 1. The van der Waals surface area contributed by atoms with E-state index >= 15 is 0 Å². The van der Waals surface area contributed by atoms with E-state index in [9.17, 15) is 9.90 Å². The number of aromatic nitrogens is 4. The third-order valence-corrected chi connectivity index (χ3v) is 7.13. The number of rotatable bonds is 9. The number of imidazole rings is 2. The second kappa shape index (κ2) is 11.4. The third kappa shape index (κ3) is 5.45. The number of aromatic amines is 2. The molecule has 0 saturated carbocycles. The number of halogens is 2. The molecule has 0 fully saturated rings. The summed E-state index contributed by atoms with van der Waals surface area (Å²) in [4.78, 5) is 24.1. The van der Waals surface area contributed by atoms with E-state index in [2.05, 4.69) is 15.0 Å². The zero-order chi connectivity index (χ0) is 27.5. The van der Waals surface area contributed by atoms with Gasteiger partial charge in [-0.25, -0.2) is 9.78 Å². The summed E-state index contributed by atoms with van der Waals surface area (Å²) in [5.41, 5.74) is 2.70. The van der Waals surface area contributed by atoms with Gasteiger partial charge in [-0.3, -0.25) is 4.57 Å². The average molecular weight is 565 g/mol. The number of hydrogen-bond donors (Lipinski definition) is 4. The Morgan fingerprint density at radius 2 is 1.77 bits per heavy atom. The van der Waals surface area contributed by atoms with Gasteiger partial charge in [0.1, 0.15) is 29.9 Å². The van der Waals surface area contributed by atoms with Crippen molar-refractivity contribution in [2.45, 2.75) is 18.9 Å². The van der Waals surface area contributed by atoms with Crippen molar-refractivity contribution in [3.63, 3.8) is 0 Å². The Morgan fingerprint density at radius 1 is 1.03 bits per heavy atom. The molecule has 5 aromatic rings. The lowest BCUT2D eigenvalue weighted by atomic mass is 9.92. The molecule has 0 aliphatic heterocycles. The number of nitrogens with zero attached hydrogens (tertiary/aromatic N) is 2. The number of H-pyrrole nitrogens is 2. The van der Waals surface area contributed by atoms with Crippen molar-refractivity contribution in [3.05, 3.63) is 111 Å². The van der Waals surface area contributed by atoms with E-state index < -0.39 is 11.7 Å². The molecule has 0 aliphatic carbocycles. The van der Waals surface area contributed by atoms with Crippen LogP contribution in [0.3, 0.4) is 0 Å². The van der Waals surface area contributed by atoms with Crippen LogP contribution in [0.1, 0.15) is 30.3 Å². The summed E-state index contributed by atoms with van der Waals surface area (Å²) in [5.74, 6) is 0.559. The SMILES string of the molecule is C[C@@H](c1ccccc1)[C@@H](c1ncc(-c2ccc(Cl)cc2Cl)[nH]1)n1c(O)c(-c2ccc(OCCO)cc2)[nH]c1=O. The van der Waals surface area contributed by atoms with Crippen molar-refractivity contribution < 1.29 is 14.9 Å². The molecule has 0 radical (unpaired) electrons. The highest BCUT2D eigenvalue weighted by atomic mass is 35.5. The highest BCUT2D eigenvalue weighted by molar-refractivity contribution is 6.36. The highest BCUT2D eigenvalue weighted by Gasteiger charge is 2.31. The van der Waals surface area contributed by atoms with Crippen LogP contribution < -0.4 is 10.4 Å². The molecule has 0 amide bonds. The van der Waals surface area contributed by atoms with Gasteiger partial charge in [0.05, 0.1) is 23.5 Å². The van der Waals surface area contributed by atoms with Gasteiger partial charge in [0.15, 0.2) is 0 Å². The molecule has 5 rings (SSSR count). The lowest BCUT2D eigenvalue weighted by molar-refractivity contribution is 0.201. The first-order valence-corrected chi connectivity index (χ1v) is 13.1. The van der Waals surface area contributed by atoms with E-state index in [4.69, 9.17) is 33.0 Å². The van der Waals surface area contributed by atoms with Crippen molar-refractivity contribution >= 4 is 23.2 Å². The molecule has 4 N–H and O–H groups in total.